The third-order valence-corrected chi connectivity index (χ3v) is 4.02. The van der Waals surface area contributed by atoms with E-state index in [2.05, 4.69) is 15.6 Å². The van der Waals surface area contributed by atoms with Crippen LogP contribution in [0.2, 0.25) is 0 Å². The van der Waals surface area contributed by atoms with E-state index in [1.54, 1.807) is 7.11 Å². The number of aliphatic hydroxyl groups is 1. The maximum Gasteiger partial charge on any atom is 0.191 e. The number of rotatable bonds is 8. The minimum atomic E-state index is 0. The molecule has 1 saturated carbocycles. The van der Waals surface area contributed by atoms with Gasteiger partial charge >= 0.3 is 0 Å². The lowest BCUT2D eigenvalue weighted by atomic mass is 10.1. The van der Waals surface area contributed by atoms with Crippen LogP contribution in [-0.4, -0.2) is 44.0 Å². The van der Waals surface area contributed by atoms with Crippen LogP contribution in [0.3, 0.4) is 0 Å². The quantitative estimate of drug-likeness (QED) is 0.314. The van der Waals surface area contributed by atoms with Gasteiger partial charge in [0, 0.05) is 18.7 Å². The molecule has 0 atom stereocenters. The number of aliphatic imine (C=N–C) groups is 1. The van der Waals surface area contributed by atoms with Crippen molar-refractivity contribution in [2.24, 2.45) is 4.99 Å². The summed E-state index contributed by atoms with van der Waals surface area (Å²) in [7, 11) is 1.66. The van der Waals surface area contributed by atoms with Gasteiger partial charge < -0.3 is 25.2 Å². The third kappa shape index (κ3) is 6.89. The molecule has 6 nitrogen and oxygen atoms in total. The van der Waals surface area contributed by atoms with Crippen molar-refractivity contribution in [3.05, 3.63) is 23.8 Å². The van der Waals surface area contributed by atoms with Crippen LogP contribution in [0.15, 0.2) is 23.2 Å². The number of nitrogens with zero attached hydrogens (tertiary/aromatic N) is 1. The molecule has 0 spiro atoms. The molecule has 3 N–H and O–H groups in total. The SMILES string of the molecule is CCNC(=NCc1cccc(OC)c1OC1CCCC1)NCCO.I. The van der Waals surface area contributed by atoms with Gasteiger partial charge in [-0.3, -0.25) is 0 Å². The van der Waals surface area contributed by atoms with Gasteiger partial charge in [-0.25, -0.2) is 4.99 Å². The first kappa shape index (κ1) is 21.8. The van der Waals surface area contributed by atoms with Crippen molar-refractivity contribution in [1.29, 1.82) is 0 Å². The van der Waals surface area contributed by atoms with Crippen LogP contribution in [0.25, 0.3) is 0 Å². The Morgan fingerprint density at radius 1 is 1.28 bits per heavy atom. The normalized spacial score (nSPS) is 14.8. The second-order valence-corrected chi connectivity index (χ2v) is 5.82. The maximum absolute atomic E-state index is 8.96. The Hall–Kier alpha value is -1.22. The topological polar surface area (TPSA) is 75.1 Å². The van der Waals surface area contributed by atoms with E-state index in [9.17, 15) is 0 Å². The fourth-order valence-electron chi connectivity index (χ4n) is 2.83. The molecule has 1 aliphatic rings. The fraction of sp³-hybridized carbons (Fsp3) is 0.611. The minimum Gasteiger partial charge on any atom is -0.493 e. The van der Waals surface area contributed by atoms with E-state index in [1.807, 2.05) is 25.1 Å². The second-order valence-electron chi connectivity index (χ2n) is 5.82. The molecule has 1 aromatic rings. The average molecular weight is 463 g/mol. The standard InChI is InChI=1S/C18H29N3O3.HI/c1-3-19-18(20-11-12-22)21-13-14-7-6-10-16(23-2)17(14)24-15-8-4-5-9-15;/h6-7,10,15,22H,3-5,8-9,11-13H2,1-2H3,(H2,19,20,21);1H. The van der Waals surface area contributed by atoms with Gasteiger partial charge in [-0.2, -0.15) is 0 Å². The Balaban J connectivity index is 0.00000312. The lowest BCUT2D eigenvalue weighted by Gasteiger charge is -2.19. The van der Waals surface area contributed by atoms with Crippen molar-refractivity contribution in [2.75, 3.05) is 26.8 Å². The lowest BCUT2D eigenvalue weighted by Crippen LogP contribution is -2.38. The maximum atomic E-state index is 8.96. The molecule has 1 aliphatic carbocycles. The van der Waals surface area contributed by atoms with Crippen molar-refractivity contribution in [2.45, 2.75) is 45.3 Å². The fourth-order valence-corrected chi connectivity index (χ4v) is 2.83. The molecule has 0 radical (unpaired) electrons. The molecular weight excluding hydrogens is 433 g/mol. The van der Waals surface area contributed by atoms with Crippen LogP contribution in [0.1, 0.15) is 38.2 Å². The summed E-state index contributed by atoms with van der Waals surface area (Å²) in [4.78, 5) is 4.58. The number of hydrogen-bond acceptors (Lipinski definition) is 4. The van der Waals surface area contributed by atoms with Crippen LogP contribution >= 0.6 is 24.0 Å². The molecular formula is C18H30IN3O3. The number of guanidine groups is 1. The van der Waals surface area contributed by atoms with Crippen molar-refractivity contribution in [3.8, 4) is 11.5 Å². The van der Waals surface area contributed by atoms with Crippen molar-refractivity contribution in [3.63, 3.8) is 0 Å². The first-order chi connectivity index (χ1) is 11.8. The Morgan fingerprint density at radius 2 is 2.04 bits per heavy atom. The highest BCUT2D eigenvalue weighted by atomic mass is 127. The highest BCUT2D eigenvalue weighted by Crippen LogP contribution is 2.35. The van der Waals surface area contributed by atoms with Gasteiger partial charge in [0.15, 0.2) is 17.5 Å². The number of halogens is 1. The van der Waals surface area contributed by atoms with E-state index < -0.39 is 0 Å². The first-order valence-electron chi connectivity index (χ1n) is 8.74. The average Bonchev–Trinajstić information content (AvgIpc) is 3.11. The molecule has 142 valence electrons. The zero-order valence-corrected chi connectivity index (χ0v) is 17.4. The molecule has 25 heavy (non-hydrogen) atoms. The highest BCUT2D eigenvalue weighted by molar-refractivity contribution is 14.0. The van der Waals surface area contributed by atoms with Crippen LogP contribution in [-0.2, 0) is 6.54 Å². The Labute approximate surface area is 167 Å². The molecule has 0 bridgehead atoms. The number of ether oxygens (including phenoxy) is 2. The number of hydrogen-bond donors (Lipinski definition) is 3. The van der Waals surface area contributed by atoms with Gasteiger partial charge in [0.05, 0.1) is 26.4 Å². The number of benzene rings is 1. The number of para-hydroxylation sites is 1. The van der Waals surface area contributed by atoms with E-state index in [4.69, 9.17) is 14.6 Å². The summed E-state index contributed by atoms with van der Waals surface area (Å²) in [5.41, 5.74) is 1.00. The zero-order valence-electron chi connectivity index (χ0n) is 15.1. The number of methoxy groups -OCH3 is 1. The van der Waals surface area contributed by atoms with Gasteiger partial charge in [0.1, 0.15) is 0 Å². The molecule has 2 rings (SSSR count). The van der Waals surface area contributed by atoms with E-state index >= 15 is 0 Å². The highest BCUT2D eigenvalue weighted by Gasteiger charge is 2.20. The molecule has 7 heteroatoms. The molecule has 1 aromatic carbocycles. The Bertz CT molecular complexity index is 534. The van der Waals surface area contributed by atoms with E-state index in [0.717, 1.165) is 36.4 Å². The predicted molar refractivity (Wildman–Crippen MR) is 111 cm³/mol. The van der Waals surface area contributed by atoms with Crippen LogP contribution in [0.5, 0.6) is 11.5 Å². The molecule has 1 fully saturated rings. The van der Waals surface area contributed by atoms with Gasteiger partial charge in [-0.1, -0.05) is 12.1 Å². The smallest absolute Gasteiger partial charge is 0.191 e. The minimum absolute atomic E-state index is 0. The molecule has 0 aliphatic heterocycles. The van der Waals surface area contributed by atoms with E-state index in [-0.39, 0.29) is 36.7 Å². The third-order valence-electron chi connectivity index (χ3n) is 4.02. The van der Waals surface area contributed by atoms with Gasteiger partial charge in [-0.05, 0) is 38.7 Å². The molecule has 0 unspecified atom stereocenters. The predicted octanol–water partition coefficient (Wildman–Crippen LogP) is 2.68. The van der Waals surface area contributed by atoms with Crippen LogP contribution in [0, 0.1) is 0 Å². The van der Waals surface area contributed by atoms with Gasteiger partial charge in [0.2, 0.25) is 0 Å². The van der Waals surface area contributed by atoms with Crippen molar-refractivity contribution in [1.82, 2.24) is 10.6 Å². The van der Waals surface area contributed by atoms with E-state index in [0.29, 0.717) is 19.0 Å². The monoisotopic (exact) mass is 463 g/mol. The summed E-state index contributed by atoms with van der Waals surface area (Å²) in [6, 6.07) is 5.90. The van der Waals surface area contributed by atoms with Crippen molar-refractivity contribution >= 4 is 29.9 Å². The van der Waals surface area contributed by atoms with Gasteiger partial charge in [0.25, 0.3) is 0 Å². The summed E-state index contributed by atoms with van der Waals surface area (Å²) < 4.78 is 11.7. The molecule has 0 aromatic heterocycles. The molecule has 0 saturated heterocycles. The summed E-state index contributed by atoms with van der Waals surface area (Å²) in [5.74, 6) is 2.23. The Kier molecular flexibility index (Phi) is 10.6. The number of nitrogens with one attached hydrogen (secondary N) is 2. The number of aliphatic hydroxyl groups excluding tert-OH is 1. The molecule has 0 amide bonds. The van der Waals surface area contributed by atoms with Crippen LogP contribution < -0.4 is 20.1 Å². The van der Waals surface area contributed by atoms with E-state index in [1.165, 1.54) is 12.8 Å². The summed E-state index contributed by atoms with van der Waals surface area (Å²) in [6.07, 6.45) is 4.92. The summed E-state index contributed by atoms with van der Waals surface area (Å²) in [6.45, 7) is 3.80. The van der Waals surface area contributed by atoms with Gasteiger partial charge in [-0.15, -0.1) is 24.0 Å². The summed E-state index contributed by atoms with van der Waals surface area (Å²) >= 11 is 0. The second kappa shape index (κ2) is 12.2. The largest absolute Gasteiger partial charge is 0.493 e. The molecule has 0 heterocycles. The first-order valence-corrected chi connectivity index (χ1v) is 8.74. The Morgan fingerprint density at radius 3 is 2.68 bits per heavy atom. The van der Waals surface area contributed by atoms with Crippen molar-refractivity contribution < 1.29 is 14.6 Å². The lowest BCUT2D eigenvalue weighted by molar-refractivity contribution is 0.198. The van der Waals surface area contributed by atoms with Crippen LogP contribution in [0.4, 0.5) is 0 Å². The zero-order chi connectivity index (χ0) is 17.2. The summed E-state index contributed by atoms with van der Waals surface area (Å²) in [5, 5.41) is 15.2.